The fourth-order valence-electron chi connectivity index (χ4n) is 2.79. The smallest absolute Gasteiger partial charge is 0.253 e. The maximum absolute atomic E-state index is 12.3. The molecule has 0 aliphatic heterocycles. The average Bonchev–Trinajstić information content (AvgIpc) is 2.71. The third-order valence-corrected chi connectivity index (χ3v) is 4.22. The minimum atomic E-state index is -0.144. The summed E-state index contributed by atoms with van der Waals surface area (Å²) in [6.45, 7) is 3.27. The summed E-state index contributed by atoms with van der Waals surface area (Å²) in [6.07, 6.45) is 1.80. The molecule has 6 heteroatoms. The average molecular weight is 377 g/mol. The van der Waals surface area contributed by atoms with Crippen molar-refractivity contribution in [2.75, 3.05) is 13.2 Å². The molecule has 1 N–H and O–H groups in total. The molecule has 0 spiro atoms. The molecule has 1 amide bonds. The van der Waals surface area contributed by atoms with Crippen molar-refractivity contribution < 1.29 is 9.53 Å². The van der Waals surface area contributed by atoms with Gasteiger partial charge in [0, 0.05) is 24.7 Å². The number of hydrogen-bond donors (Lipinski definition) is 1. The zero-order valence-electron chi connectivity index (χ0n) is 15.8. The monoisotopic (exact) mass is 377 g/mol. The predicted octanol–water partition coefficient (Wildman–Crippen LogP) is 2.67. The molecule has 0 unspecified atom stereocenters. The highest BCUT2D eigenvalue weighted by Gasteiger charge is 2.05. The lowest BCUT2D eigenvalue weighted by Crippen LogP contribution is -2.31. The molecule has 144 valence electrons. The Kier molecular flexibility index (Phi) is 6.57. The summed E-state index contributed by atoms with van der Waals surface area (Å²) in [7, 11) is 0. The number of hydrogen-bond acceptors (Lipinski definition) is 4. The highest BCUT2D eigenvalue weighted by atomic mass is 16.5. The molecule has 0 radical (unpaired) electrons. The molecule has 0 aliphatic rings. The van der Waals surface area contributed by atoms with E-state index in [4.69, 9.17) is 4.74 Å². The van der Waals surface area contributed by atoms with Crippen molar-refractivity contribution in [2.24, 2.45) is 0 Å². The van der Waals surface area contributed by atoms with E-state index < -0.39 is 0 Å². The van der Waals surface area contributed by atoms with Crippen molar-refractivity contribution in [3.05, 3.63) is 82.9 Å². The second kappa shape index (κ2) is 9.50. The first-order chi connectivity index (χ1) is 13.7. The van der Waals surface area contributed by atoms with Gasteiger partial charge in [0.25, 0.3) is 5.56 Å². The Morgan fingerprint density at radius 2 is 1.86 bits per heavy atom. The van der Waals surface area contributed by atoms with E-state index in [2.05, 4.69) is 10.3 Å². The second-order valence-corrected chi connectivity index (χ2v) is 6.28. The second-order valence-electron chi connectivity index (χ2n) is 6.28. The fraction of sp³-hybridized carbons (Fsp3) is 0.227. The van der Waals surface area contributed by atoms with Gasteiger partial charge in [-0.25, -0.2) is 4.98 Å². The van der Waals surface area contributed by atoms with Gasteiger partial charge in [-0.1, -0.05) is 42.5 Å². The van der Waals surface area contributed by atoms with Crippen LogP contribution in [0.4, 0.5) is 0 Å². The summed E-state index contributed by atoms with van der Waals surface area (Å²) in [5, 5.41) is 2.84. The highest BCUT2D eigenvalue weighted by Crippen LogP contribution is 2.13. The van der Waals surface area contributed by atoms with E-state index in [1.165, 1.54) is 17.0 Å². The fourth-order valence-corrected chi connectivity index (χ4v) is 2.79. The molecular formula is C22H23N3O3. The molecule has 2 aromatic carbocycles. The van der Waals surface area contributed by atoms with Gasteiger partial charge in [-0.05, 0) is 24.6 Å². The van der Waals surface area contributed by atoms with Crippen molar-refractivity contribution in [3.8, 4) is 17.0 Å². The van der Waals surface area contributed by atoms with E-state index in [0.717, 1.165) is 16.9 Å². The first kappa shape index (κ1) is 19.4. The van der Waals surface area contributed by atoms with Gasteiger partial charge in [-0.15, -0.1) is 0 Å². The number of carbonyl (C=O) groups excluding carboxylic acids is 1. The standard InChI is InChI=1S/C22H23N3O3/c1-2-28-19-10-8-17(9-11-19)14-21(26)23-12-13-25-16-24-20(15-22(25)27)18-6-4-3-5-7-18/h3-11,15-16H,2,12-14H2,1H3,(H,23,26). The SMILES string of the molecule is CCOc1ccc(CC(=O)NCCn2cnc(-c3ccccc3)cc2=O)cc1. The predicted molar refractivity (Wildman–Crippen MR) is 108 cm³/mol. The first-order valence-electron chi connectivity index (χ1n) is 9.26. The summed E-state index contributed by atoms with van der Waals surface area (Å²) in [6, 6.07) is 18.5. The number of ether oxygens (including phenoxy) is 1. The Labute approximate surface area is 163 Å². The quantitative estimate of drug-likeness (QED) is 0.655. The molecule has 1 heterocycles. The van der Waals surface area contributed by atoms with Crippen LogP contribution in [-0.4, -0.2) is 28.6 Å². The van der Waals surface area contributed by atoms with Crippen molar-refractivity contribution in [1.82, 2.24) is 14.9 Å². The van der Waals surface area contributed by atoms with Gasteiger partial charge in [0.05, 0.1) is 25.0 Å². The van der Waals surface area contributed by atoms with Crippen LogP contribution in [-0.2, 0) is 17.8 Å². The molecule has 0 atom stereocenters. The minimum absolute atomic E-state index is 0.0916. The van der Waals surface area contributed by atoms with Crippen LogP contribution in [0, 0.1) is 0 Å². The number of nitrogens with one attached hydrogen (secondary N) is 1. The molecule has 0 aliphatic carbocycles. The zero-order valence-corrected chi connectivity index (χ0v) is 15.8. The Hall–Kier alpha value is -3.41. The van der Waals surface area contributed by atoms with E-state index in [-0.39, 0.29) is 17.9 Å². The molecular weight excluding hydrogens is 354 g/mol. The normalized spacial score (nSPS) is 10.5. The van der Waals surface area contributed by atoms with Crippen LogP contribution in [0.5, 0.6) is 5.75 Å². The number of nitrogens with zero attached hydrogens (tertiary/aromatic N) is 2. The van der Waals surface area contributed by atoms with E-state index in [1.807, 2.05) is 61.5 Å². The minimum Gasteiger partial charge on any atom is -0.494 e. The van der Waals surface area contributed by atoms with Crippen LogP contribution in [0.25, 0.3) is 11.3 Å². The molecule has 0 saturated heterocycles. The Morgan fingerprint density at radius 3 is 2.54 bits per heavy atom. The lowest BCUT2D eigenvalue weighted by atomic mass is 10.1. The van der Waals surface area contributed by atoms with Gasteiger partial charge in [-0.2, -0.15) is 0 Å². The summed E-state index contributed by atoms with van der Waals surface area (Å²) >= 11 is 0. The Morgan fingerprint density at radius 1 is 1.11 bits per heavy atom. The summed E-state index contributed by atoms with van der Waals surface area (Å²) < 4.78 is 6.88. The number of rotatable bonds is 8. The maximum Gasteiger partial charge on any atom is 0.253 e. The largest absolute Gasteiger partial charge is 0.494 e. The molecule has 3 aromatic rings. The van der Waals surface area contributed by atoms with Gasteiger partial charge < -0.3 is 10.1 Å². The molecule has 3 rings (SSSR count). The summed E-state index contributed by atoms with van der Waals surface area (Å²) in [5.41, 5.74) is 2.30. The number of benzene rings is 2. The van der Waals surface area contributed by atoms with Crippen molar-refractivity contribution >= 4 is 5.91 Å². The lowest BCUT2D eigenvalue weighted by Gasteiger charge is -2.09. The van der Waals surface area contributed by atoms with Crippen molar-refractivity contribution in [2.45, 2.75) is 19.9 Å². The molecule has 1 aromatic heterocycles. The van der Waals surface area contributed by atoms with Crippen LogP contribution >= 0.6 is 0 Å². The third-order valence-electron chi connectivity index (χ3n) is 4.22. The van der Waals surface area contributed by atoms with Gasteiger partial charge in [0.1, 0.15) is 5.75 Å². The van der Waals surface area contributed by atoms with Crippen molar-refractivity contribution in [1.29, 1.82) is 0 Å². The maximum atomic E-state index is 12.3. The highest BCUT2D eigenvalue weighted by molar-refractivity contribution is 5.78. The number of amides is 1. The third kappa shape index (κ3) is 5.30. The number of aromatic nitrogens is 2. The van der Waals surface area contributed by atoms with Gasteiger partial charge >= 0.3 is 0 Å². The molecule has 28 heavy (non-hydrogen) atoms. The van der Waals surface area contributed by atoms with E-state index in [0.29, 0.717) is 25.4 Å². The van der Waals surface area contributed by atoms with Crippen LogP contribution in [0.1, 0.15) is 12.5 Å². The van der Waals surface area contributed by atoms with Gasteiger partial charge in [-0.3, -0.25) is 14.2 Å². The summed E-state index contributed by atoms with van der Waals surface area (Å²) in [4.78, 5) is 28.7. The van der Waals surface area contributed by atoms with Crippen LogP contribution in [0.2, 0.25) is 0 Å². The number of carbonyl (C=O) groups is 1. The topological polar surface area (TPSA) is 73.2 Å². The van der Waals surface area contributed by atoms with Crippen LogP contribution < -0.4 is 15.6 Å². The van der Waals surface area contributed by atoms with E-state index >= 15 is 0 Å². The van der Waals surface area contributed by atoms with Gasteiger partial charge in [0.2, 0.25) is 5.91 Å². The first-order valence-corrected chi connectivity index (χ1v) is 9.26. The van der Waals surface area contributed by atoms with Crippen molar-refractivity contribution in [3.63, 3.8) is 0 Å². The van der Waals surface area contributed by atoms with Crippen LogP contribution in [0.3, 0.4) is 0 Å². The van der Waals surface area contributed by atoms with Gasteiger partial charge in [0.15, 0.2) is 0 Å². The Balaban J connectivity index is 1.50. The molecule has 0 saturated carbocycles. The lowest BCUT2D eigenvalue weighted by molar-refractivity contribution is -0.120. The molecule has 0 fully saturated rings. The zero-order chi connectivity index (χ0) is 19.8. The van der Waals surface area contributed by atoms with E-state index in [9.17, 15) is 9.59 Å². The van der Waals surface area contributed by atoms with Crippen LogP contribution in [0.15, 0.2) is 71.8 Å². The summed E-state index contributed by atoms with van der Waals surface area (Å²) in [5.74, 6) is 0.698. The molecule has 0 bridgehead atoms. The van der Waals surface area contributed by atoms with E-state index in [1.54, 1.807) is 0 Å². The Bertz CT molecular complexity index is 966. The molecule has 6 nitrogen and oxygen atoms in total.